The Hall–Kier alpha value is -0.620. The van der Waals surface area contributed by atoms with Gasteiger partial charge in [-0.25, -0.2) is 10.4 Å². The number of rotatable bonds is 4. The monoisotopic (exact) mass is 314 g/mol. The van der Waals surface area contributed by atoms with Gasteiger partial charge in [-0.1, -0.05) is 22.9 Å². The van der Waals surface area contributed by atoms with E-state index in [0.29, 0.717) is 5.75 Å². The first-order valence-corrected chi connectivity index (χ1v) is 7.07. The fourth-order valence-electron chi connectivity index (χ4n) is 2.10. The molecule has 1 heterocycles. The second kappa shape index (κ2) is 6.52. The van der Waals surface area contributed by atoms with Crippen LogP contribution in [0, 0.1) is 0 Å². The minimum absolute atomic E-state index is 0.126. The van der Waals surface area contributed by atoms with Gasteiger partial charge in [0.1, 0.15) is 5.75 Å². The third-order valence-electron chi connectivity index (χ3n) is 3.12. The number of hydrazine groups is 1. The largest absolute Gasteiger partial charge is 0.508 e. The second-order valence-corrected chi connectivity index (χ2v) is 5.31. The molecule has 1 aromatic rings. The van der Waals surface area contributed by atoms with Gasteiger partial charge in [-0.2, -0.15) is 0 Å². The molecule has 5 heteroatoms. The van der Waals surface area contributed by atoms with Crippen molar-refractivity contribution in [3.63, 3.8) is 0 Å². The van der Waals surface area contributed by atoms with Crippen LogP contribution in [0.3, 0.4) is 0 Å². The highest BCUT2D eigenvalue weighted by atomic mass is 79.9. The molecular formula is C13H19BrN2O2. The van der Waals surface area contributed by atoms with Gasteiger partial charge in [0.05, 0.1) is 13.2 Å². The van der Waals surface area contributed by atoms with Gasteiger partial charge >= 0.3 is 0 Å². The van der Waals surface area contributed by atoms with Crippen molar-refractivity contribution in [2.24, 2.45) is 0 Å². The Labute approximate surface area is 116 Å². The maximum atomic E-state index is 9.96. The molecule has 0 aromatic heterocycles. The lowest BCUT2D eigenvalue weighted by molar-refractivity contribution is 0.00282. The summed E-state index contributed by atoms with van der Waals surface area (Å²) in [5.41, 5.74) is 4.39. The van der Waals surface area contributed by atoms with Gasteiger partial charge in [0, 0.05) is 29.2 Å². The van der Waals surface area contributed by atoms with Crippen LogP contribution in [0.5, 0.6) is 5.75 Å². The quantitative estimate of drug-likeness (QED) is 0.896. The molecule has 1 saturated heterocycles. The van der Waals surface area contributed by atoms with Crippen LogP contribution in [0.2, 0.25) is 0 Å². The number of ether oxygens (including phenoxy) is 1. The molecule has 0 bridgehead atoms. The standard InChI is InChI=1S/C13H19BrN2O2/c1-2-12(15-16-5-7-18-8-6-16)11-9-10(14)3-4-13(11)17/h3-4,9,12,15,17H,2,5-8H2,1H3. The zero-order valence-corrected chi connectivity index (χ0v) is 12.1. The Morgan fingerprint density at radius 3 is 2.83 bits per heavy atom. The van der Waals surface area contributed by atoms with Crippen LogP contribution in [0.15, 0.2) is 22.7 Å². The molecule has 1 aliphatic rings. The van der Waals surface area contributed by atoms with Crippen LogP contribution in [-0.2, 0) is 4.74 Å². The number of benzene rings is 1. The van der Waals surface area contributed by atoms with Crippen molar-refractivity contribution < 1.29 is 9.84 Å². The summed E-state index contributed by atoms with van der Waals surface area (Å²) in [7, 11) is 0. The van der Waals surface area contributed by atoms with Gasteiger partial charge in [0.15, 0.2) is 0 Å². The first-order chi connectivity index (χ1) is 8.70. The first kappa shape index (κ1) is 13.8. The fourth-order valence-corrected chi connectivity index (χ4v) is 2.48. The zero-order chi connectivity index (χ0) is 13.0. The predicted octanol–water partition coefficient (Wildman–Crippen LogP) is 2.44. The van der Waals surface area contributed by atoms with Crippen molar-refractivity contribution in [1.82, 2.24) is 10.4 Å². The average Bonchev–Trinajstić information content (AvgIpc) is 2.40. The summed E-state index contributed by atoms with van der Waals surface area (Å²) in [5.74, 6) is 0.339. The highest BCUT2D eigenvalue weighted by molar-refractivity contribution is 9.10. The lowest BCUT2D eigenvalue weighted by Gasteiger charge is -2.31. The highest BCUT2D eigenvalue weighted by Gasteiger charge is 2.18. The van der Waals surface area contributed by atoms with E-state index < -0.39 is 0 Å². The summed E-state index contributed by atoms with van der Waals surface area (Å²) in [6, 6.07) is 5.67. The minimum Gasteiger partial charge on any atom is -0.508 e. The summed E-state index contributed by atoms with van der Waals surface area (Å²) in [5, 5.41) is 12.1. The molecule has 0 aliphatic carbocycles. The molecule has 0 spiro atoms. The molecule has 1 aliphatic heterocycles. The molecule has 0 saturated carbocycles. The fraction of sp³-hybridized carbons (Fsp3) is 0.538. The molecular weight excluding hydrogens is 296 g/mol. The second-order valence-electron chi connectivity index (χ2n) is 4.39. The molecule has 1 unspecified atom stereocenters. The summed E-state index contributed by atoms with van der Waals surface area (Å²) in [4.78, 5) is 0. The summed E-state index contributed by atoms with van der Waals surface area (Å²) < 4.78 is 6.31. The number of nitrogens with one attached hydrogen (secondary N) is 1. The third-order valence-corrected chi connectivity index (χ3v) is 3.62. The van der Waals surface area contributed by atoms with Crippen LogP contribution in [0.4, 0.5) is 0 Å². The normalized spacial score (nSPS) is 18.8. The zero-order valence-electron chi connectivity index (χ0n) is 10.5. The van der Waals surface area contributed by atoms with E-state index in [4.69, 9.17) is 4.74 Å². The van der Waals surface area contributed by atoms with Crippen molar-refractivity contribution >= 4 is 15.9 Å². The van der Waals surface area contributed by atoms with Gasteiger partial charge in [0.25, 0.3) is 0 Å². The predicted molar refractivity (Wildman–Crippen MR) is 74.4 cm³/mol. The lowest BCUT2D eigenvalue weighted by Crippen LogP contribution is -2.47. The number of aromatic hydroxyl groups is 1. The van der Waals surface area contributed by atoms with E-state index in [1.54, 1.807) is 6.07 Å². The van der Waals surface area contributed by atoms with Crippen LogP contribution >= 0.6 is 15.9 Å². The molecule has 1 fully saturated rings. The van der Waals surface area contributed by atoms with Gasteiger partial charge in [0.2, 0.25) is 0 Å². The highest BCUT2D eigenvalue weighted by Crippen LogP contribution is 2.29. The summed E-state index contributed by atoms with van der Waals surface area (Å²) in [6.07, 6.45) is 0.918. The first-order valence-electron chi connectivity index (χ1n) is 6.28. The average molecular weight is 315 g/mol. The maximum absolute atomic E-state index is 9.96. The van der Waals surface area contributed by atoms with Gasteiger partial charge in [-0.15, -0.1) is 0 Å². The van der Waals surface area contributed by atoms with Crippen molar-refractivity contribution in [2.75, 3.05) is 26.3 Å². The van der Waals surface area contributed by atoms with E-state index in [2.05, 4.69) is 33.3 Å². The Morgan fingerprint density at radius 1 is 1.44 bits per heavy atom. The van der Waals surface area contributed by atoms with Crippen LogP contribution in [-0.4, -0.2) is 36.4 Å². The van der Waals surface area contributed by atoms with Crippen molar-refractivity contribution in [1.29, 1.82) is 0 Å². The van der Waals surface area contributed by atoms with E-state index in [1.807, 2.05) is 12.1 Å². The van der Waals surface area contributed by atoms with E-state index in [9.17, 15) is 5.11 Å². The number of nitrogens with zero attached hydrogens (tertiary/aromatic N) is 1. The molecule has 2 N–H and O–H groups in total. The van der Waals surface area contributed by atoms with Crippen molar-refractivity contribution in [3.8, 4) is 5.75 Å². The lowest BCUT2D eigenvalue weighted by atomic mass is 10.0. The number of halogens is 1. The Morgan fingerprint density at radius 2 is 2.17 bits per heavy atom. The number of phenolic OH excluding ortho intramolecular Hbond substituents is 1. The SMILES string of the molecule is CCC(NN1CCOCC1)c1cc(Br)ccc1O. The van der Waals surface area contributed by atoms with Crippen LogP contribution < -0.4 is 5.43 Å². The maximum Gasteiger partial charge on any atom is 0.120 e. The molecule has 0 amide bonds. The van der Waals surface area contributed by atoms with Gasteiger partial charge in [-0.3, -0.25) is 0 Å². The van der Waals surface area contributed by atoms with E-state index in [1.165, 1.54) is 0 Å². The molecule has 1 aromatic carbocycles. The Bertz CT molecular complexity index is 395. The van der Waals surface area contributed by atoms with Crippen molar-refractivity contribution in [3.05, 3.63) is 28.2 Å². The molecule has 4 nitrogen and oxygen atoms in total. The topological polar surface area (TPSA) is 44.7 Å². The van der Waals surface area contributed by atoms with Gasteiger partial charge < -0.3 is 9.84 Å². The van der Waals surface area contributed by atoms with E-state index in [0.717, 1.165) is 42.8 Å². The number of phenols is 1. The van der Waals surface area contributed by atoms with E-state index in [-0.39, 0.29) is 6.04 Å². The third kappa shape index (κ3) is 3.45. The summed E-state index contributed by atoms with van der Waals surface area (Å²) in [6.45, 7) is 5.39. The molecule has 0 radical (unpaired) electrons. The minimum atomic E-state index is 0.126. The number of hydrogen-bond donors (Lipinski definition) is 2. The van der Waals surface area contributed by atoms with Crippen molar-refractivity contribution in [2.45, 2.75) is 19.4 Å². The van der Waals surface area contributed by atoms with E-state index >= 15 is 0 Å². The molecule has 100 valence electrons. The Balaban J connectivity index is 2.09. The molecule has 1 atom stereocenters. The number of hydrogen-bond acceptors (Lipinski definition) is 4. The van der Waals surface area contributed by atoms with Gasteiger partial charge in [-0.05, 0) is 24.6 Å². The molecule has 2 rings (SSSR count). The molecule has 18 heavy (non-hydrogen) atoms. The smallest absolute Gasteiger partial charge is 0.120 e. The van der Waals surface area contributed by atoms with Crippen LogP contribution in [0.1, 0.15) is 24.9 Å². The number of morpholine rings is 1. The summed E-state index contributed by atoms with van der Waals surface area (Å²) >= 11 is 3.45. The van der Waals surface area contributed by atoms with Crippen LogP contribution in [0.25, 0.3) is 0 Å². The Kier molecular flexibility index (Phi) is 5.00.